The Morgan fingerprint density at radius 2 is 1.22 bits per heavy atom. The Balaban J connectivity index is 2.73. The first-order valence-electron chi connectivity index (χ1n) is 6.28. The summed E-state index contributed by atoms with van der Waals surface area (Å²) >= 11 is 0. The van der Waals surface area contributed by atoms with Crippen molar-refractivity contribution in [3.63, 3.8) is 0 Å². The summed E-state index contributed by atoms with van der Waals surface area (Å²) in [7, 11) is 0.932. The number of rotatable bonds is 4. The van der Waals surface area contributed by atoms with Gasteiger partial charge in [-0.1, -0.05) is 0 Å². The number of carboxylic acids is 3. The number of hydrogen-bond acceptors (Lipinski definition) is 7. The zero-order valence-corrected chi connectivity index (χ0v) is 11.6. The van der Waals surface area contributed by atoms with Gasteiger partial charge in [-0.05, 0) is 0 Å². The van der Waals surface area contributed by atoms with Crippen molar-refractivity contribution in [1.82, 2.24) is 0 Å². The Morgan fingerprint density at radius 1 is 0.826 bits per heavy atom. The highest BCUT2D eigenvalue weighted by Crippen LogP contribution is 2.55. The van der Waals surface area contributed by atoms with Crippen molar-refractivity contribution in [1.29, 1.82) is 0 Å². The molecule has 10 nitrogen and oxygen atoms in total. The van der Waals surface area contributed by atoms with Crippen LogP contribution in [0.5, 0.6) is 0 Å². The minimum atomic E-state index is -1.87. The number of aliphatic hydroxyl groups is 2. The van der Waals surface area contributed by atoms with Crippen molar-refractivity contribution >= 4 is 23.9 Å². The molecule has 0 heterocycles. The molecule has 124 valence electrons. The summed E-state index contributed by atoms with van der Waals surface area (Å²) in [6, 6.07) is 0. The number of aliphatic hydroxyl groups excluding tert-OH is 2. The number of carboxylic acid groups (broad SMARTS) is 3. The van der Waals surface area contributed by atoms with Crippen LogP contribution in [0.15, 0.2) is 22.7 Å². The van der Waals surface area contributed by atoms with E-state index in [0.717, 1.165) is 7.11 Å². The van der Waals surface area contributed by atoms with Gasteiger partial charge in [0.2, 0.25) is 0 Å². The average molecular weight is 328 g/mol. The Hall–Kier alpha value is -3.04. The van der Waals surface area contributed by atoms with Crippen molar-refractivity contribution in [3.05, 3.63) is 22.7 Å². The maximum Gasteiger partial charge on any atom is 0.337 e. The van der Waals surface area contributed by atoms with Crippen molar-refractivity contribution in [2.75, 3.05) is 7.11 Å². The number of ether oxygens (including phenoxy) is 1. The van der Waals surface area contributed by atoms with E-state index >= 15 is 0 Å². The number of hydrogen-bond donors (Lipinski definition) is 5. The summed E-state index contributed by atoms with van der Waals surface area (Å²) in [5.41, 5.74) is -1.50. The van der Waals surface area contributed by atoms with Gasteiger partial charge in [0.05, 0.1) is 18.3 Å². The number of aliphatic carboxylic acids is 3. The number of carbonyl (C=O) groups excluding carboxylic acids is 1. The fourth-order valence-electron chi connectivity index (χ4n) is 3.27. The minimum absolute atomic E-state index is 0.653. The van der Waals surface area contributed by atoms with Crippen LogP contribution in [-0.2, 0) is 23.9 Å². The van der Waals surface area contributed by atoms with Crippen LogP contribution in [0.4, 0.5) is 0 Å². The lowest BCUT2D eigenvalue weighted by Gasteiger charge is -2.19. The topological polar surface area (TPSA) is 179 Å². The van der Waals surface area contributed by atoms with E-state index < -0.39 is 70.2 Å². The molecule has 2 rings (SSSR count). The first-order chi connectivity index (χ1) is 10.6. The van der Waals surface area contributed by atoms with E-state index in [1.54, 1.807) is 0 Å². The third kappa shape index (κ3) is 2.10. The quantitative estimate of drug-likeness (QED) is 0.423. The monoisotopic (exact) mass is 328 g/mol. The second kappa shape index (κ2) is 5.30. The lowest BCUT2D eigenvalue weighted by atomic mass is 9.81. The summed E-state index contributed by atoms with van der Waals surface area (Å²) in [6.45, 7) is 0. The van der Waals surface area contributed by atoms with Gasteiger partial charge >= 0.3 is 23.9 Å². The standard InChI is InChI=1S/C13H12O10/c1-23-13(22)7-3-2(5(9(7)15)11(18)19)4(10(16)17)8(14)6(3)12(20)21/h2-3,5-6,14-15H,1H3,(H,16,17)(H,18,19)(H,20,21). The largest absolute Gasteiger partial charge is 0.511 e. The van der Waals surface area contributed by atoms with E-state index in [4.69, 9.17) is 0 Å². The van der Waals surface area contributed by atoms with E-state index in [-0.39, 0.29) is 0 Å². The highest BCUT2D eigenvalue weighted by Gasteiger charge is 2.62. The summed E-state index contributed by atoms with van der Waals surface area (Å²) in [5.74, 6) is -15.1. The van der Waals surface area contributed by atoms with Crippen LogP contribution in [0.2, 0.25) is 0 Å². The van der Waals surface area contributed by atoms with E-state index in [1.807, 2.05) is 0 Å². The molecule has 0 saturated heterocycles. The predicted molar refractivity (Wildman–Crippen MR) is 68.2 cm³/mol. The number of esters is 1. The molecule has 0 bridgehead atoms. The first kappa shape index (κ1) is 16.3. The van der Waals surface area contributed by atoms with Crippen LogP contribution >= 0.6 is 0 Å². The minimum Gasteiger partial charge on any atom is -0.511 e. The molecule has 4 unspecified atom stereocenters. The average Bonchev–Trinajstić information content (AvgIpc) is 2.86. The van der Waals surface area contributed by atoms with Crippen molar-refractivity contribution in [2.24, 2.45) is 23.7 Å². The van der Waals surface area contributed by atoms with Gasteiger partial charge in [-0.2, -0.15) is 0 Å². The van der Waals surface area contributed by atoms with Gasteiger partial charge in [-0.15, -0.1) is 0 Å². The van der Waals surface area contributed by atoms with Crippen LogP contribution in [-0.4, -0.2) is 56.5 Å². The third-order valence-electron chi connectivity index (χ3n) is 4.08. The lowest BCUT2D eigenvalue weighted by Crippen LogP contribution is -2.30. The molecule has 0 spiro atoms. The molecular weight excluding hydrogens is 316 g/mol. The molecular formula is C13H12O10. The molecule has 0 amide bonds. The molecule has 2 aliphatic carbocycles. The van der Waals surface area contributed by atoms with E-state index in [1.165, 1.54) is 0 Å². The second-order valence-corrected chi connectivity index (χ2v) is 5.08. The second-order valence-electron chi connectivity index (χ2n) is 5.08. The lowest BCUT2D eigenvalue weighted by molar-refractivity contribution is -0.146. The van der Waals surface area contributed by atoms with Crippen molar-refractivity contribution < 1.29 is 49.4 Å². The molecule has 4 atom stereocenters. The maximum absolute atomic E-state index is 11.8. The molecule has 0 fully saturated rings. The Bertz CT molecular complexity index is 685. The number of fused-ring (bicyclic) bond motifs is 1. The fourth-order valence-corrected chi connectivity index (χ4v) is 3.27. The van der Waals surface area contributed by atoms with Gasteiger partial charge in [-0.25, -0.2) is 9.59 Å². The molecule has 0 radical (unpaired) electrons. The van der Waals surface area contributed by atoms with E-state index in [2.05, 4.69) is 4.74 Å². The van der Waals surface area contributed by atoms with Gasteiger partial charge < -0.3 is 30.3 Å². The smallest absolute Gasteiger partial charge is 0.337 e. The Morgan fingerprint density at radius 3 is 1.57 bits per heavy atom. The van der Waals surface area contributed by atoms with Crippen LogP contribution in [0.3, 0.4) is 0 Å². The zero-order valence-electron chi connectivity index (χ0n) is 11.6. The van der Waals surface area contributed by atoms with Crippen LogP contribution in [0.25, 0.3) is 0 Å². The number of methoxy groups -OCH3 is 1. The van der Waals surface area contributed by atoms with E-state index in [9.17, 15) is 44.7 Å². The predicted octanol–water partition coefficient (Wildman–Crippen LogP) is -0.471. The van der Waals surface area contributed by atoms with Crippen LogP contribution in [0.1, 0.15) is 0 Å². The molecule has 0 saturated carbocycles. The number of carbonyl (C=O) groups is 4. The summed E-state index contributed by atoms with van der Waals surface area (Å²) in [6.07, 6.45) is 0. The fraction of sp³-hybridized carbons (Fsp3) is 0.385. The SMILES string of the molecule is COC(=O)C1=C(O)C(C(=O)O)C2C(C(=O)O)=C(O)C(C(=O)O)C12. The first-order valence-corrected chi connectivity index (χ1v) is 6.28. The summed E-state index contributed by atoms with van der Waals surface area (Å²) in [5, 5.41) is 47.6. The van der Waals surface area contributed by atoms with E-state index in [0.29, 0.717) is 0 Å². The molecule has 2 aliphatic rings. The van der Waals surface area contributed by atoms with Gasteiger partial charge in [0, 0.05) is 11.8 Å². The highest BCUT2D eigenvalue weighted by molar-refractivity contribution is 5.99. The molecule has 5 N–H and O–H groups in total. The zero-order chi connectivity index (χ0) is 17.6. The van der Waals surface area contributed by atoms with Gasteiger partial charge in [0.1, 0.15) is 23.4 Å². The Kier molecular flexibility index (Phi) is 3.77. The molecule has 0 aromatic carbocycles. The van der Waals surface area contributed by atoms with Gasteiger partial charge in [-0.3, -0.25) is 9.59 Å². The van der Waals surface area contributed by atoms with Gasteiger partial charge in [0.25, 0.3) is 0 Å². The molecule has 0 aromatic rings. The highest BCUT2D eigenvalue weighted by atomic mass is 16.5. The maximum atomic E-state index is 11.8. The molecule has 10 heteroatoms. The van der Waals surface area contributed by atoms with Crippen LogP contribution < -0.4 is 0 Å². The molecule has 23 heavy (non-hydrogen) atoms. The molecule has 0 aromatic heterocycles. The Labute approximate surface area is 127 Å². The molecule has 0 aliphatic heterocycles. The van der Waals surface area contributed by atoms with Crippen molar-refractivity contribution in [2.45, 2.75) is 0 Å². The summed E-state index contributed by atoms with van der Waals surface area (Å²) in [4.78, 5) is 45.9. The normalized spacial score (nSPS) is 29.4. The van der Waals surface area contributed by atoms with Gasteiger partial charge in [0.15, 0.2) is 0 Å². The van der Waals surface area contributed by atoms with Crippen LogP contribution in [0, 0.1) is 23.7 Å². The summed E-state index contributed by atoms with van der Waals surface area (Å²) < 4.78 is 4.41. The third-order valence-corrected chi connectivity index (χ3v) is 4.08. The van der Waals surface area contributed by atoms with Crippen molar-refractivity contribution in [3.8, 4) is 0 Å².